The molecule has 1 atom stereocenters. The van der Waals surface area contributed by atoms with E-state index in [1.165, 1.54) is 17.1 Å². The molecule has 1 heterocycles. The van der Waals surface area contributed by atoms with E-state index in [0.717, 1.165) is 6.42 Å². The zero-order valence-electron chi connectivity index (χ0n) is 18.7. The molecule has 1 aliphatic rings. The lowest BCUT2D eigenvalue weighted by Gasteiger charge is -2.30. The third-order valence-corrected chi connectivity index (χ3v) is 4.64. The Morgan fingerprint density at radius 2 is 1.74 bits per heavy atom. The van der Waals surface area contributed by atoms with Crippen molar-refractivity contribution >= 4 is 23.8 Å². The molecular formula is C21H35N3O7. The number of unbranched alkanes of at least 4 members (excludes halogenated alkanes) is 2. The molecule has 0 spiro atoms. The molecule has 0 radical (unpaired) electrons. The van der Waals surface area contributed by atoms with Crippen molar-refractivity contribution in [3.8, 4) is 0 Å². The summed E-state index contributed by atoms with van der Waals surface area (Å²) in [6.45, 7) is 7.82. The normalized spacial score (nSPS) is 14.7. The summed E-state index contributed by atoms with van der Waals surface area (Å²) in [7, 11) is 0. The van der Waals surface area contributed by atoms with Crippen LogP contribution in [0.15, 0.2) is 12.2 Å². The second-order valence-corrected chi connectivity index (χ2v) is 8.29. The number of primary amides is 1. The molecule has 0 bridgehead atoms. The maximum atomic E-state index is 11.8. The number of nitrogens with two attached hydrogens (primary N) is 1. The Hall–Kier alpha value is -2.46. The van der Waals surface area contributed by atoms with Crippen LogP contribution in [0.25, 0.3) is 0 Å². The number of nitrogens with one attached hydrogen (secondary N) is 1. The van der Waals surface area contributed by atoms with E-state index >= 15 is 0 Å². The molecule has 1 unspecified atom stereocenters. The summed E-state index contributed by atoms with van der Waals surface area (Å²) in [5.74, 6) is -0.617. The van der Waals surface area contributed by atoms with Gasteiger partial charge >= 0.3 is 6.09 Å². The summed E-state index contributed by atoms with van der Waals surface area (Å²) in [6.07, 6.45) is 3.90. The maximum absolute atomic E-state index is 11.8. The van der Waals surface area contributed by atoms with Crippen LogP contribution in [-0.2, 0) is 28.6 Å². The van der Waals surface area contributed by atoms with E-state index in [4.69, 9.17) is 19.9 Å². The summed E-state index contributed by atoms with van der Waals surface area (Å²) >= 11 is 0. The van der Waals surface area contributed by atoms with Gasteiger partial charge in [-0.3, -0.25) is 19.3 Å². The fourth-order valence-electron chi connectivity index (χ4n) is 2.79. The van der Waals surface area contributed by atoms with Crippen molar-refractivity contribution in [1.82, 2.24) is 10.2 Å². The predicted molar refractivity (Wildman–Crippen MR) is 113 cm³/mol. The third kappa shape index (κ3) is 11.5. The monoisotopic (exact) mass is 441 g/mol. The van der Waals surface area contributed by atoms with E-state index in [9.17, 15) is 19.2 Å². The Labute approximate surface area is 183 Å². The van der Waals surface area contributed by atoms with Gasteiger partial charge in [0.25, 0.3) is 11.8 Å². The van der Waals surface area contributed by atoms with Crippen LogP contribution < -0.4 is 11.1 Å². The first-order chi connectivity index (χ1) is 14.6. The van der Waals surface area contributed by atoms with Crippen LogP contribution >= 0.6 is 0 Å². The van der Waals surface area contributed by atoms with Gasteiger partial charge < -0.3 is 25.3 Å². The molecule has 0 saturated carbocycles. The van der Waals surface area contributed by atoms with Gasteiger partial charge in [0, 0.05) is 31.7 Å². The van der Waals surface area contributed by atoms with Crippen molar-refractivity contribution in [1.29, 1.82) is 0 Å². The number of amides is 4. The minimum atomic E-state index is -0.834. The van der Waals surface area contributed by atoms with Crippen LogP contribution in [0.2, 0.25) is 0 Å². The number of rotatable bonds is 15. The molecule has 176 valence electrons. The van der Waals surface area contributed by atoms with Crippen LogP contribution in [0, 0.1) is 5.41 Å². The number of carbonyl (C=O) groups excluding carboxylic acids is 4. The molecule has 1 rings (SSSR count). The van der Waals surface area contributed by atoms with Gasteiger partial charge in [-0.25, -0.2) is 4.79 Å². The first-order valence-corrected chi connectivity index (χ1v) is 10.5. The third-order valence-electron chi connectivity index (χ3n) is 4.64. The molecule has 10 heteroatoms. The summed E-state index contributed by atoms with van der Waals surface area (Å²) in [6, 6.07) is 0. The zero-order valence-corrected chi connectivity index (χ0v) is 18.7. The predicted octanol–water partition coefficient (Wildman–Crippen LogP) is 1.13. The quantitative estimate of drug-likeness (QED) is 0.287. The Morgan fingerprint density at radius 3 is 2.35 bits per heavy atom. The van der Waals surface area contributed by atoms with Crippen LogP contribution in [0.5, 0.6) is 0 Å². The smallest absolute Gasteiger partial charge is 0.404 e. The second kappa shape index (κ2) is 13.8. The number of ether oxygens (including phenoxy) is 3. The Kier molecular flexibility index (Phi) is 11.8. The largest absolute Gasteiger partial charge is 0.447 e. The zero-order chi connectivity index (χ0) is 23.3. The molecule has 3 N–H and O–H groups in total. The molecule has 0 saturated heterocycles. The maximum Gasteiger partial charge on any atom is 0.404 e. The highest BCUT2D eigenvalue weighted by atomic mass is 16.6. The van der Waals surface area contributed by atoms with Crippen molar-refractivity contribution < 1.29 is 33.4 Å². The highest BCUT2D eigenvalue weighted by Gasteiger charge is 2.26. The van der Waals surface area contributed by atoms with Gasteiger partial charge in [-0.15, -0.1) is 0 Å². The Balaban J connectivity index is 2.00. The molecule has 0 fully saturated rings. The number of nitrogens with zero attached hydrogens (tertiary/aromatic N) is 1. The van der Waals surface area contributed by atoms with Crippen LogP contribution in [-0.4, -0.2) is 74.3 Å². The van der Waals surface area contributed by atoms with E-state index < -0.39 is 6.09 Å². The minimum Gasteiger partial charge on any atom is -0.447 e. The summed E-state index contributed by atoms with van der Waals surface area (Å²) in [5.41, 5.74) is 4.77. The van der Waals surface area contributed by atoms with Crippen LogP contribution in [0.4, 0.5) is 4.79 Å². The average molecular weight is 442 g/mol. The van der Waals surface area contributed by atoms with Gasteiger partial charge in [-0.2, -0.15) is 0 Å². The van der Waals surface area contributed by atoms with Gasteiger partial charge in [0.05, 0.1) is 25.9 Å². The second-order valence-electron chi connectivity index (χ2n) is 8.29. The standard InChI is InChI=1S/C21H35N3O7/c1-21(2,3)16(15-31-20(22)28)30-14-13-29-12-10-23-17(25)7-5-4-6-11-24-18(26)8-9-19(24)27/h8-9,16H,4-7,10-15H2,1-3H3,(H2,22,28)(H,23,25). The molecule has 10 nitrogen and oxygen atoms in total. The molecule has 0 aliphatic carbocycles. The van der Waals surface area contributed by atoms with E-state index in [1.54, 1.807) is 0 Å². The van der Waals surface area contributed by atoms with Gasteiger partial charge in [-0.1, -0.05) is 27.2 Å². The SMILES string of the molecule is CC(C)(C)C(COC(N)=O)OCCOCCNC(=O)CCCCCN1C(=O)C=CC1=O. The topological polar surface area (TPSA) is 137 Å². The number of hydrogen-bond acceptors (Lipinski definition) is 7. The molecule has 31 heavy (non-hydrogen) atoms. The number of hydrogen-bond donors (Lipinski definition) is 2. The lowest BCUT2D eigenvalue weighted by atomic mass is 9.89. The molecule has 0 aromatic rings. The minimum absolute atomic E-state index is 0.0637. The van der Waals surface area contributed by atoms with E-state index in [2.05, 4.69) is 5.32 Å². The van der Waals surface area contributed by atoms with Crippen LogP contribution in [0.3, 0.4) is 0 Å². The van der Waals surface area contributed by atoms with Gasteiger partial charge in [0.1, 0.15) is 6.61 Å². The molecule has 1 aliphatic heterocycles. The number of imide groups is 1. The fourth-order valence-corrected chi connectivity index (χ4v) is 2.79. The van der Waals surface area contributed by atoms with Crippen molar-refractivity contribution in [2.75, 3.05) is 39.5 Å². The number of carbonyl (C=O) groups is 4. The van der Waals surface area contributed by atoms with Gasteiger partial charge in [-0.05, 0) is 18.3 Å². The molecule has 4 amide bonds. The summed E-state index contributed by atoms with van der Waals surface area (Å²) < 4.78 is 16.0. The highest BCUT2D eigenvalue weighted by molar-refractivity contribution is 6.12. The lowest BCUT2D eigenvalue weighted by molar-refractivity contribution is -0.137. The first kappa shape index (κ1) is 26.6. The van der Waals surface area contributed by atoms with E-state index in [0.29, 0.717) is 52.2 Å². The van der Waals surface area contributed by atoms with Crippen molar-refractivity contribution in [2.45, 2.75) is 52.6 Å². The highest BCUT2D eigenvalue weighted by Crippen LogP contribution is 2.22. The fraction of sp³-hybridized carbons (Fsp3) is 0.714. The van der Waals surface area contributed by atoms with Gasteiger partial charge in [0.15, 0.2) is 0 Å². The van der Waals surface area contributed by atoms with Crippen molar-refractivity contribution in [3.05, 3.63) is 12.2 Å². The Bertz CT molecular complexity index is 625. The van der Waals surface area contributed by atoms with E-state index in [1.807, 2.05) is 20.8 Å². The molecule has 0 aromatic heterocycles. The van der Waals surface area contributed by atoms with Crippen LogP contribution in [0.1, 0.15) is 46.5 Å². The van der Waals surface area contributed by atoms with E-state index in [-0.39, 0.29) is 35.8 Å². The molecular weight excluding hydrogens is 406 g/mol. The Morgan fingerprint density at radius 1 is 1.06 bits per heavy atom. The first-order valence-electron chi connectivity index (χ1n) is 10.5. The summed E-state index contributed by atoms with van der Waals surface area (Å²) in [5, 5.41) is 2.78. The average Bonchev–Trinajstić information content (AvgIpc) is 2.99. The van der Waals surface area contributed by atoms with Gasteiger partial charge in [0.2, 0.25) is 5.91 Å². The molecule has 0 aromatic carbocycles. The lowest BCUT2D eigenvalue weighted by Crippen LogP contribution is -2.36. The van der Waals surface area contributed by atoms with Crippen molar-refractivity contribution in [3.63, 3.8) is 0 Å². The van der Waals surface area contributed by atoms with Crippen molar-refractivity contribution in [2.24, 2.45) is 11.1 Å². The summed E-state index contributed by atoms with van der Waals surface area (Å²) in [4.78, 5) is 46.6.